The van der Waals surface area contributed by atoms with Crippen LogP contribution in [-0.2, 0) is 10.7 Å². The quantitative estimate of drug-likeness (QED) is 0.758. The van der Waals surface area contributed by atoms with Gasteiger partial charge >= 0.3 is 0 Å². The molecule has 0 aliphatic heterocycles. The van der Waals surface area contributed by atoms with Crippen molar-refractivity contribution in [1.82, 2.24) is 5.32 Å². The van der Waals surface area contributed by atoms with E-state index < -0.39 is 5.92 Å². The van der Waals surface area contributed by atoms with E-state index >= 15 is 0 Å². The molecule has 4 heteroatoms. The molecule has 0 radical (unpaired) electrons. The van der Waals surface area contributed by atoms with Crippen molar-refractivity contribution in [1.29, 1.82) is 0 Å². The minimum Gasteiger partial charge on any atom is -0.383 e. The third kappa shape index (κ3) is 4.35. The Hall–Kier alpha value is -1.00. The molecule has 0 atom stereocenters. The zero-order chi connectivity index (χ0) is 13.6. The molecular weight excluding hydrogens is 236 g/mol. The number of ether oxygens (including phenoxy) is 1. The number of hydrogen-bond donors (Lipinski definition) is 1. The van der Waals surface area contributed by atoms with Crippen LogP contribution < -0.4 is 5.32 Å². The molecule has 0 unspecified atom stereocenters. The van der Waals surface area contributed by atoms with Gasteiger partial charge in [-0.25, -0.2) is 0 Å². The Morgan fingerprint density at radius 1 is 1.22 bits per heavy atom. The van der Waals surface area contributed by atoms with E-state index in [1.807, 2.05) is 13.8 Å². The zero-order valence-corrected chi connectivity index (χ0v) is 11.2. The Morgan fingerprint density at radius 2 is 1.83 bits per heavy atom. The van der Waals surface area contributed by atoms with E-state index in [0.717, 1.165) is 5.56 Å². The first-order chi connectivity index (χ1) is 8.47. The van der Waals surface area contributed by atoms with Crippen LogP contribution in [0, 0.1) is 0 Å². The Labute approximate surface area is 107 Å². The van der Waals surface area contributed by atoms with Crippen molar-refractivity contribution in [3.63, 3.8) is 0 Å². The van der Waals surface area contributed by atoms with Gasteiger partial charge in [-0.05, 0) is 11.5 Å². The molecule has 0 aliphatic carbocycles. The minimum absolute atomic E-state index is 0.0526. The Bertz CT molecular complexity index is 349. The second-order valence-electron chi connectivity index (χ2n) is 4.65. The summed E-state index contributed by atoms with van der Waals surface area (Å²) in [5.74, 6) is -2.49. The van der Waals surface area contributed by atoms with Crippen LogP contribution in [-0.4, -0.2) is 26.8 Å². The van der Waals surface area contributed by atoms with Gasteiger partial charge in [-0.2, -0.15) is 8.78 Å². The van der Waals surface area contributed by atoms with Crippen molar-refractivity contribution in [3.05, 3.63) is 35.4 Å². The Balaban J connectivity index is 2.60. The number of alkyl halides is 2. The largest absolute Gasteiger partial charge is 0.383 e. The van der Waals surface area contributed by atoms with Crippen LogP contribution in [0.2, 0.25) is 0 Å². The molecule has 0 heterocycles. The van der Waals surface area contributed by atoms with Crippen molar-refractivity contribution in [2.24, 2.45) is 0 Å². The molecule has 1 rings (SSSR count). The molecule has 0 saturated carbocycles. The van der Waals surface area contributed by atoms with Gasteiger partial charge in [0, 0.05) is 19.2 Å². The number of nitrogens with one attached hydrogen (secondary N) is 1. The van der Waals surface area contributed by atoms with Crippen LogP contribution in [0.3, 0.4) is 0 Å². The highest BCUT2D eigenvalue weighted by atomic mass is 19.3. The molecule has 1 aromatic carbocycles. The molecule has 0 bridgehead atoms. The maximum absolute atomic E-state index is 13.8. The monoisotopic (exact) mass is 257 g/mol. The molecule has 0 amide bonds. The summed E-state index contributed by atoms with van der Waals surface area (Å²) < 4.78 is 32.4. The molecule has 0 aliphatic rings. The lowest BCUT2D eigenvalue weighted by atomic mass is 9.99. The fourth-order valence-corrected chi connectivity index (χ4v) is 1.63. The summed E-state index contributed by atoms with van der Waals surface area (Å²) in [6, 6.07) is 6.55. The second kappa shape index (κ2) is 6.81. The molecule has 1 N–H and O–H groups in total. The normalized spacial score (nSPS) is 12.1. The van der Waals surface area contributed by atoms with Crippen LogP contribution in [0.25, 0.3) is 0 Å². The van der Waals surface area contributed by atoms with Gasteiger partial charge in [-0.15, -0.1) is 0 Å². The van der Waals surface area contributed by atoms with E-state index in [4.69, 9.17) is 4.74 Å². The highest BCUT2D eigenvalue weighted by Gasteiger charge is 2.30. The van der Waals surface area contributed by atoms with E-state index in [9.17, 15) is 8.78 Å². The summed E-state index contributed by atoms with van der Waals surface area (Å²) in [5.41, 5.74) is 1.12. The third-order valence-electron chi connectivity index (χ3n) is 2.83. The molecular formula is C14H21F2NO. The molecule has 1 aromatic rings. The van der Waals surface area contributed by atoms with Crippen LogP contribution in [0.15, 0.2) is 24.3 Å². The van der Waals surface area contributed by atoms with E-state index in [1.54, 1.807) is 19.2 Å². The third-order valence-corrected chi connectivity index (χ3v) is 2.83. The van der Waals surface area contributed by atoms with Gasteiger partial charge in [0.2, 0.25) is 0 Å². The fourth-order valence-electron chi connectivity index (χ4n) is 1.63. The molecule has 102 valence electrons. The van der Waals surface area contributed by atoms with Crippen molar-refractivity contribution in [2.45, 2.75) is 25.7 Å². The maximum atomic E-state index is 13.8. The predicted octanol–water partition coefficient (Wildman–Crippen LogP) is 3.14. The first-order valence-corrected chi connectivity index (χ1v) is 6.15. The van der Waals surface area contributed by atoms with Crippen LogP contribution in [0.1, 0.15) is 30.9 Å². The number of hydrogen-bond acceptors (Lipinski definition) is 2. The Morgan fingerprint density at radius 3 is 2.33 bits per heavy atom. The van der Waals surface area contributed by atoms with Crippen molar-refractivity contribution < 1.29 is 13.5 Å². The minimum atomic E-state index is -2.84. The lowest BCUT2D eigenvalue weighted by Crippen LogP contribution is -2.32. The predicted molar refractivity (Wildman–Crippen MR) is 69.2 cm³/mol. The summed E-state index contributed by atoms with van der Waals surface area (Å²) in [6.07, 6.45) is 0. The Kier molecular flexibility index (Phi) is 5.69. The summed E-state index contributed by atoms with van der Waals surface area (Å²) >= 11 is 0. The highest BCUT2D eigenvalue weighted by molar-refractivity contribution is 5.27. The summed E-state index contributed by atoms with van der Waals surface area (Å²) in [4.78, 5) is 0. The lowest BCUT2D eigenvalue weighted by Gasteiger charge is -2.18. The summed E-state index contributed by atoms with van der Waals surface area (Å²) in [5, 5.41) is 2.69. The van der Waals surface area contributed by atoms with E-state index in [2.05, 4.69) is 5.32 Å². The maximum Gasteiger partial charge on any atom is 0.285 e. The van der Waals surface area contributed by atoms with Crippen LogP contribution in [0.5, 0.6) is 0 Å². The zero-order valence-electron chi connectivity index (χ0n) is 11.2. The van der Waals surface area contributed by atoms with Crippen LogP contribution >= 0.6 is 0 Å². The van der Waals surface area contributed by atoms with Gasteiger partial charge in [0.25, 0.3) is 5.92 Å². The molecule has 2 nitrogen and oxygen atoms in total. The van der Waals surface area contributed by atoms with Gasteiger partial charge in [0.15, 0.2) is 0 Å². The first-order valence-electron chi connectivity index (χ1n) is 6.15. The average Bonchev–Trinajstić information content (AvgIpc) is 2.35. The van der Waals surface area contributed by atoms with E-state index in [1.165, 1.54) is 12.1 Å². The average molecular weight is 257 g/mol. The summed E-state index contributed by atoms with van der Waals surface area (Å²) in [6.45, 7) is 4.58. The standard InChI is InChI=1S/C14H21F2NO/c1-11(2)12-4-6-13(7-5-12)14(15,16)10-17-8-9-18-3/h4-7,11,17H,8-10H2,1-3H3. The topological polar surface area (TPSA) is 21.3 Å². The molecule has 0 spiro atoms. The second-order valence-corrected chi connectivity index (χ2v) is 4.65. The molecule has 0 aromatic heterocycles. The SMILES string of the molecule is COCCNCC(F)(F)c1ccc(C(C)C)cc1. The number of rotatable bonds is 7. The summed E-state index contributed by atoms with van der Waals surface area (Å²) in [7, 11) is 1.55. The van der Waals surface area contributed by atoms with Gasteiger partial charge < -0.3 is 10.1 Å². The smallest absolute Gasteiger partial charge is 0.285 e. The molecule has 0 saturated heterocycles. The lowest BCUT2D eigenvalue weighted by molar-refractivity contribution is -0.00416. The van der Waals surface area contributed by atoms with Crippen molar-refractivity contribution in [3.8, 4) is 0 Å². The van der Waals surface area contributed by atoms with Gasteiger partial charge in [0.1, 0.15) is 0 Å². The number of halogens is 2. The molecule has 18 heavy (non-hydrogen) atoms. The van der Waals surface area contributed by atoms with Crippen LogP contribution in [0.4, 0.5) is 8.78 Å². The van der Waals surface area contributed by atoms with Gasteiger partial charge in [-0.1, -0.05) is 38.1 Å². The molecule has 0 fully saturated rings. The highest BCUT2D eigenvalue weighted by Crippen LogP contribution is 2.28. The number of methoxy groups -OCH3 is 1. The number of benzene rings is 1. The van der Waals surface area contributed by atoms with E-state index in [-0.39, 0.29) is 12.1 Å². The van der Waals surface area contributed by atoms with Crippen molar-refractivity contribution >= 4 is 0 Å². The van der Waals surface area contributed by atoms with Gasteiger partial charge in [-0.3, -0.25) is 0 Å². The van der Waals surface area contributed by atoms with Crippen molar-refractivity contribution in [2.75, 3.05) is 26.8 Å². The first kappa shape index (κ1) is 15.1. The van der Waals surface area contributed by atoms with E-state index in [0.29, 0.717) is 19.1 Å². The fraction of sp³-hybridized carbons (Fsp3) is 0.571. The van der Waals surface area contributed by atoms with Gasteiger partial charge in [0.05, 0.1) is 13.2 Å².